The van der Waals surface area contributed by atoms with Crippen LogP contribution < -0.4 is 0 Å². The van der Waals surface area contributed by atoms with E-state index in [1.165, 1.54) is 10.5 Å². The highest BCUT2D eigenvalue weighted by atomic mass is 32.2. The van der Waals surface area contributed by atoms with Gasteiger partial charge < -0.3 is 0 Å². The van der Waals surface area contributed by atoms with Crippen molar-refractivity contribution in [3.05, 3.63) is 54.1 Å². The van der Waals surface area contributed by atoms with E-state index in [0.717, 1.165) is 37.7 Å². The second-order valence-electron chi connectivity index (χ2n) is 4.52. The van der Waals surface area contributed by atoms with Gasteiger partial charge in [-0.2, -0.15) is 4.18 Å². The lowest BCUT2D eigenvalue weighted by Gasteiger charge is -2.16. The molecule has 0 saturated heterocycles. The van der Waals surface area contributed by atoms with Gasteiger partial charge in [-0.3, -0.25) is 0 Å². The van der Waals surface area contributed by atoms with E-state index in [1.54, 1.807) is 0 Å². The van der Waals surface area contributed by atoms with Gasteiger partial charge in [-0.1, -0.05) is 49.8 Å². The monoisotopic (exact) mass is 261 g/mol. The second kappa shape index (κ2) is 7.45. The zero-order chi connectivity index (χ0) is 12.6. The molecular formula is C16H21OS+. The molecule has 0 aromatic heterocycles. The molecule has 0 amide bonds. The maximum absolute atomic E-state index is 6.08. The van der Waals surface area contributed by atoms with E-state index in [2.05, 4.69) is 49.4 Å². The lowest BCUT2D eigenvalue weighted by atomic mass is 9.97. The summed E-state index contributed by atoms with van der Waals surface area (Å²) >= 11 is 0.976. The van der Waals surface area contributed by atoms with E-state index in [4.69, 9.17) is 4.18 Å². The van der Waals surface area contributed by atoms with Gasteiger partial charge in [0.15, 0.2) is 16.9 Å². The van der Waals surface area contributed by atoms with Gasteiger partial charge in [-0.05, 0) is 37.0 Å². The highest BCUT2D eigenvalue weighted by Crippen LogP contribution is 2.22. The molecule has 2 heteroatoms. The molecule has 0 saturated carbocycles. The van der Waals surface area contributed by atoms with Crippen LogP contribution in [0.3, 0.4) is 0 Å². The molecule has 0 bridgehead atoms. The molecule has 2 rings (SSSR count). The van der Waals surface area contributed by atoms with Crippen LogP contribution in [-0.2, 0) is 16.2 Å². The number of hydrogen-bond donors (Lipinski definition) is 0. The van der Waals surface area contributed by atoms with Crippen molar-refractivity contribution in [1.29, 1.82) is 0 Å². The van der Waals surface area contributed by atoms with Crippen LogP contribution in [0.1, 0.15) is 32.6 Å². The molecule has 1 nitrogen and oxygen atoms in total. The summed E-state index contributed by atoms with van der Waals surface area (Å²) in [5, 5.41) is 0. The maximum Gasteiger partial charge on any atom is 0.187 e. The van der Waals surface area contributed by atoms with Gasteiger partial charge in [0.25, 0.3) is 0 Å². The molecule has 0 aliphatic heterocycles. The van der Waals surface area contributed by atoms with Crippen LogP contribution in [0.4, 0.5) is 0 Å². The van der Waals surface area contributed by atoms with Gasteiger partial charge in [-0.25, -0.2) is 0 Å². The summed E-state index contributed by atoms with van der Waals surface area (Å²) in [6, 6.07) is 10.4. The summed E-state index contributed by atoms with van der Waals surface area (Å²) in [5.41, 5.74) is 1.45. The first-order valence-electron chi connectivity index (χ1n) is 6.67. The predicted octanol–water partition coefficient (Wildman–Crippen LogP) is 4.24. The normalized spacial score (nSPS) is 16.4. The highest BCUT2D eigenvalue weighted by Gasteiger charge is 2.19. The average Bonchev–Trinajstić information content (AvgIpc) is 2.45. The summed E-state index contributed by atoms with van der Waals surface area (Å²) in [4.78, 5) is 1.23. The summed E-state index contributed by atoms with van der Waals surface area (Å²) in [5.74, 6) is 0. The first kappa shape index (κ1) is 13.4. The van der Waals surface area contributed by atoms with Crippen molar-refractivity contribution >= 4 is 12.0 Å². The van der Waals surface area contributed by atoms with Crippen LogP contribution in [0, 0.1) is 0 Å². The first-order valence-corrected chi connectivity index (χ1v) is 7.49. The van der Waals surface area contributed by atoms with Gasteiger partial charge in [0.1, 0.15) is 6.10 Å². The van der Waals surface area contributed by atoms with Crippen LogP contribution in [-0.4, -0.2) is 6.10 Å². The molecule has 0 N–H and O–H groups in total. The Balaban J connectivity index is 1.94. The van der Waals surface area contributed by atoms with Crippen molar-refractivity contribution < 1.29 is 4.18 Å². The van der Waals surface area contributed by atoms with E-state index in [9.17, 15) is 0 Å². The molecule has 1 aliphatic carbocycles. The van der Waals surface area contributed by atoms with Gasteiger partial charge in [0.2, 0.25) is 0 Å². The van der Waals surface area contributed by atoms with Gasteiger partial charge in [0.05, 0.1) is 0 Å². The zero-order valence-corrected chi connectivity index (χ0v) is 11.8. The van der Waals surface area contributed by atoms with Crippen molar-refractivity contribution in [3.63, 3.8) is 0 Å². The summed E-state index contributed by atoms with van der Waals surface area (Å²) in [7, 11) is 0. The third kappa shape index (κ3) is 4.04. The average molecular weight is 261 g/mol. The third-order valence-corrected chi connectivity index (χ3v) is 3.92. The van der Waals surface area contributed by atoms with Crippen molar-refractivity contribution in [1.82, 2.24) is 0 Å². The maximum atomic E-state index is 6.08. The van der Waals surface area contributed by atoms with Crippen molar-refractivity contribution in [2.45, 2.75) is 43.6 Å². The number of thiol groups is 1. The van der Waals surface area contributed by atoms with Gasteiger partial charge >= 0.3 is 0 Å². The zero-order valence-electron chi connectivity index (χ0n) is 10.9. The van der Waals surface area contributed by atoms with Crippen LogP contribution in [0.5, 0.6) is 0 Å². The Morgan fingerprint density at radius 3 is 2.78 bits per heavy atom. The minimum Gasteiger partial charge on any atom is -0.163 e. The first-order chi connectivity index (χ1) is 8.90. The Hall–Kier alpha value is -0.990. The Kier molecular flexibility index (Phi) is 5.56. The molecule has 96 valence electrons. The van der Waals surface area contributed by atoms with Crippen molar-refractivity contribution in [2.75, 3.05) is 0 Å². The Morgan fingerprint density at radius 2 is 2.11 bits per heavy atom. The molecule has 0 radical (unpaired) electrons. The quantitative estimate of drug-likeness (QED) is 0.550. The molecule has 18 heavy (non-hydrogen) atoms. The van der Waals surface area contributed by atoms with E-state index in [0.29, 0.717) is 0 Å². The standard InChI is InChI=1S/C16H20OS/c1-2-9-16(14-10-5-3-6-11-14)17-18-15-12-7-4-8-13-15/h3-5,7-8,10,12-13,16H,2,6,9,11H2,1H3/p+1. The number of benzene rings is 1. The van der Waals surface area contributed by atoms with Crippen molar-refractivity contribution in [2.24, 2.45) is 0 Å². The Morgan fingerprint density at radius 1 is 1.28 bits per heavy atom. The van der Waals surface area contributed by atoms with E-state index >= 15 is 0 Å². The molecule has 1 aromatic carbocycles. The second-order valence-corrected chi connectivity index (χ2v) is 5.43. The minimum atomic E-state index is 0.279. The smallest absolute Gasteiger partial charge is 0.163 e. The predicted molar refractivity (Wildman–Crippen MR) is 79.7 cm³/mol. The molecular weight excluding hydrogens is 240 g/mol. The molecule has 1 aliphatic rings. The van der Waals surface area contributed by atoms with Crippen molar-refractivity contribution in [3.8, 4) is 0 Å². The summed E-state index contributed by atoms with van der Waals surface area (Å²) in [6.07, 6.45) is 11.5. The summed E-state index contributed by atoms with van der Waals surface area (Å²) < 4.78 is 6.08. The molecule has 0 fully saturated rings. The van der Waals surface area contributed by atoms with E-state index in [-0.39, 0.29) is 6.10 Å². The topological polar surface area (TPSA) is 9.23 Å². The van der Waals surface area contributed by atoms with Gasteiger partial charge in [0, 0.05) is 0 Å². The summed E-state index contributed by atoms with van der Waals surface area (Å²) in [6.45, 7) is 2.22. The molecule has 1 atom stereocenters. The lowest BCUT2D eigenvalue weighted by Crippen LogP contribution is -2.16. The van der Waals surface area contributed by atoms with Gasteiger partial charge in [-0.15, -0.1) is 0 Å². The fraction of sp³-hybridized carbons (Fsp3) is 0.375. The van der Waals surface area contributed by atoms with Crippen LogP contribution in [0.25, 0.3) is 0 Å². The Labute approximate surface area is 114 Å². The largest absolute Gasteiger partial charge is 0.187 e. The van der Waals surface area contributed by atoms with Crippen LogP contribution in [0.2, 0.25) is 0 Å². The fourth-order valence-electron chi connectivity index (χ4n) is 2.07. The molecule has 0 heterocycles. The van der Waals surface area contributed by atoms with E-state index in [1.807, 2.05) is 6.07 Å². The minimum absolute atomic E-state index is 0.279. The third-order valence-electron chi connectivity index (χ3n) is 3.05. The van der Waals surface area contributed by atoms with Crippen LogP contribution >= 0.6 is 0 Å². The van der Waals surface area contributed by atoms with Crippen LogP contribution in [0.15, 0.2) is 59.0 Å². The number of allylic oxidation sites excluding steroid dienone is 3. The number of hydrogen-bond acceptors (Lipinski definition) is 1. The molecule has 1 unspecified atom stereocenters. The lowest BCUT2D eigenvalue weighted by molar-refractivity contribution is 0.259. The molecule has 0 spiro atoms. The fourth-order valence-corrected chi connectivity index (χ4v) is 2.85. The SMILES string of the molecule is CCCC(O[SH+]c1ccccc1)C1=CC=CCC1. The van der Waals surface area contributed by atoms with E-state index < -0.39 is 0 Å². The Bertz CT molecular complexity index is 408. The molecule has 1 aromatic rings. The highest BCUT2D eigenvalue weighted by molar-refractivity contribution is 7.73. The number of rotatable bonds is 6.